The lowest BCUT2D eigenvalue weighted by molar-refractivity contribution is -0.387. The molecule has 0 radical (unpaired) electrons. The van der Waals surface area contributed by atoms with Crippen molar-refractivity contribution in [2.45, 2.75) is 12.4 Å². The van der Waals surface area contributed by atoms with Crippen LogP contribution in [0.1, 0.15) is 11.1 Å². The van der Waals surface area contributed by atoms with Gasteiger partial charge in [-0.05, 0) is 30.3 Å². The van der Waals surface area contributed by atoms with E-state index in [0.717, 1.165) is 12.1 Å². The van der Waals surface area contributed by atoms with Gasteiger partial charge >= 0.3 is 23.5 Å². The molecular weight excluding hydrogens is 426 g/mol. The number of fused-ring (bicyclic) bond motifs is 1. The zero-order valence-electron chi connectivity index (χ0n) is 14.3. The summed E-state index contributed by atoms with van der Waals surface area (Å²) >= 11 is 0. The molecule has 0 aliphatic heterocycles. The SMILES string of the molecule is O=c1[nH]c2cc(C(F)(F)F)c([N+](=O)[O-])cc2n(Nc2ccc(C(F)(F)F)cc2)c1=O. The number of nitrogens with zero attached hydrogens (tertiary/aromatic N) is 2. The summed E-state index contributed by atoms with van der Waals surface area (Å²) in [6, 6.07) is 3.84. The van der Waals surface area contributed by atoms with Gasteiger partial charge in [0.1, 0.15) is 5.56 Å². The summed E-state index contributed by atoms with van der Waals surface area (Å²) in [5, 5.41) is 11.1. The van der Waals surface area contributed by atoms with Crippen molar-refractivity contribution in [3.05, 3.63) is 78.3 Å². The molecule has 1 aromatic heterocycles. The maximum absolute atomic E-state index is 13.1. The highest BCUT2D eigenvalue weighted by molar-refractivity contribution is 5.80. The van der Waals surface area contributed by atoms with Crippen LogP contribution < -0.4 is 16.5 Å². The lowest BCUT2D eigenvalue weighted by atomic mass is 10.1. The summed E-state index contributed by atoms with van der Waals surface area (Å²) < 4.78 is 77.7. The van der Waals surface area contributed by atoms with E-state index in [1.165, 1.54) is 0 Å². The van der Waals surface area contributed by atoms with Gasteiger partial charge in [0, 0.05) is 6.07 Å². The number of nitrogens with one attached hydrogen (secondary N) is 2. The van der Waals surface area contributed by atoms with Crippen molar-refractivity contribution in [3.63, 3.8) is 0 Å². The quantitative estimate of drug-likeness (QED) is 0.284. The van der Waals surface area contributed by atoms with Crippen LogP contribution in [0.25, 0.3) is 11.0 Å². The molecule has 8 nitrogen and oxygen atoms in total. The van der Waals surface area contributed by atoms with E-state index >= 15 is 0 Å². The first-order valence-corrected chi connectivity index (χ1v) is 7.78. The Bertz CT molecular complexity index is 1260. The molecule has 14 heteroatoms. The highest BCUT2D eigenvalue weighted by Gasteiger charge is 2.39. The summed E-state index contributed by atoms with van der Waals surface area (Å²) in [5.74, 6) is 0. The Morgan fingerprint density at radius 3 is 2.07 bits per heavy atom. The summed E-state index contributed by atoms with van der Waals surface area (Å²) in [4.78, 5) is 35.6. The van der Waals surface area contributed by atoms with Crippen molar-refractivity contribution in [1.29, 1.82) is 0 Å². The fourth-order valence-electron chi connectivity index (χ4n) is 2.60. The van der Waals surface area contributed by atoms with Crippen LogP contribution in [0, 0.1) is 10.1 Å². The fraction of sp³-hybridized carbons (Fsp3) is 0.125. The summed E-state index contributed by atoms with van der Waals surface area (Å²) in [6.45, 7) is 0. The summed E-state index contributed by atoms with van der Waals surface area (Å²) in [6.07, 6.45) is -9.77. The Balaban J connectivity index is 2.22. The first-order chi connectivity index (χ1) is 13.8. The van der Waals surface area contributed by atoms with Gasteiger partial charge < -0.3 is 4.98 Å². The lowest BCUT2D eigenvalue weighted by Crippen LogP contribution is -2.39. The molecule has 0 unspecified atom stereocenters. The molecule has 2 N–H and O–H groups in total. The van der Waals surface area contributed by atoms with Gasteiger partial charge in [-0.2, -0.15) is 26.3 Å². The van der Waals surface area contributed by atoms with E-state index in [9.17, 15) is 46.0 Å². The topological polar surface area (TPSA) is 110 Å². The Labute approximate surface area is 160 Å². The average molecular weight is 434 g/mol. The maximum atomic E-state index is 13.1. The van der Waals surface area contributed by atoms with Crippen molar-refractivity contribution in [3.8, 4) is 0 Å². The number of aromatic amines is 1. The number of H-pyrrole nitrogens is 1. The highest BCUT2D eigenvalue weighted by Crippen LogP contribution is 2.37. The maximum Gasteiger partial charge on any atom is 0.423 e. The molecule has 30 heavy (non-hydrogen) atoms. The Kier molecular flexibility index (Phi) is 4.80. The predicted octanol–water partition coefficient (Wildman–Crippen LogP) is 3.51. The number of aromatic nitrogens is 2. The van der Waals surface area contributed by atoms with E-state index in [-0.39, 0.29) is 5.69 Å². The molecule has 3 rings (SSSR count). The first-order valence-electron chi connectivity index (χ1n) is 7.78. The first kappa shape index (κ1) is 20.9. The zero-order valence-corrected chi connectivity index (χ0v) is 14.3. The minimum atomic E-state index is -5.13. The molecule has 3 aromatic rings. The number of alkyl halides is 6. The Morgan fingerprint density at radius 1 is 0.967 bits per heavy atom. The largest absolute Gasteiger partial charge is 0.423 e. The second kappa shape index (κ2) is 6.89. The standard InChI is InChI=1S/C16H8F6N4O4/c17-15(18,19)7-1-3-8(4-2-7)24-25-12-6-11(26(29)30)9(16(20,21)22)5-10(12)23-13(27)14(25)28/h1-6,24H,(H,23,27). The Morgan fingerprint density at radius 2 is 1.57 bits per heavy atom. The molecule has 0 aliphatic rings. The van der Waals surface area contributed by atoms with Crippen LogP contribution in [0.3, 0.4) is 0 Å². The third-order valence-electron chi connectivity index (χ3n) is 3.96. The van der Waals surface area contributed by atoms with Gasteiger partial charge in [0.05, 0.1) is 27.2 Å². The van der Waals surface area contributed by atoms with E-state index < -0.39 is 56.2 Å². The van der Waals surface area contributed by atoms with Crippen molar-refractivity contribution in [2.24, 2.45) is 0 Å². The van der Waals surface area contributed by atoms with Crippen LogP contribution in [0.15, 0.2) is 46.0 Å². The van der Waals surface area contributed by atoms with Gasteiger partial charge in [-0.3, -0.25) is 25.1 Å². The van der Waals surface area contributed by atoms with Gasteiger partial charge in [-0.1, -0.05) is 0 Å². The number of hydrogen-bond donors (Lipinski definition) is 2. The van der Waals surface area contributed by atoms with Crippen LogP contribution >= 0.6 is 0 Å². The van der Waals surface area contributed by atoms with E-state index in [0.29, 0.717) is 28.9 Å². The molecule has 0 saturated heterocycles. The predicted molar refractivity (Wildman–Crippen MR) is 90.9 cm³/mol. The summed E-state index contributed by atoms with van der Waals surface area (Å²) in [5.41, 5.74) is -5.69. The summed E-state index contributed by atoms with van der Waals surface area (Å²) in [7, 11) is 0. The van der Waals surface area contributed by atoms with Crippen LogP contribution in [0.4, 0.5) is 37.7 Å². The second-order valence-electron chi connectivity index (χ2n) is 5.92. The molecule has 0 amide bonds. The van der Waals surface area contributed by atoms with E-state index in [4.69, 9.17) is 0 Å². The van der Waals surface area contributed by atoms with Crippen LogP contribution in [0.5, 0.6) is 0 Å². The van der Waals surface area contributed by atoms with Crippen LogP contribution in [-0.4, -0.2) is 14.6 Å². The number of halogens is 6. The number of benzene rings is 2. The molecule has 0 saturated carbocycles. The van der Waals surface area contributed by atoms with Crippen LogP contribution in [-0.2, 0) is 12.4 Å². The monoisotopic (exact) mass is 434 g/mol. The van der Waals surface area contributed by atoms with Gasteiger partial charge in [-0.25, -0.2) is 4.68 Å². The van der Waals surface area contributed by atoms with Crippen molar-refractivity contribution in [1.82, 2.24) is 9.66 Å². The van der Waals surface area contributed by atoms with Crippen LogP contribution in [0.2, 0.25) is 0 Å². The number of nitro benzene ring substituents is 1. The van der Waals surface area contributed by atoms with Crippen molar-refractivity contribution >= 4 is 22.4 Å². The molecule has 158 valence electrons. The van der Waals surface area contributed by atoms with E-state index in [1.807, 2.05) is 4.98 Å². The highest BCUT2D eigenvalue weighted by atomic mass is 19.4. The third kappa shape index (κ3) is 3.83. The minimum Gasteiger partial charge on any atom is -0.316 e. The van der Waals surface area contributed by atoms with Gasteiger partial charge in [0.15, 0.2) is 0 Å². The molecule has 0 fully saturated rings. The molecule has 0 bridgehead atoms. The average Bonchev–Trinajstić information content (AvgIpc) is 2.63. The fourth-order valence-corrected chi connectivity index (χ4v) is 2.60. The number of nitro groups is 1. The lowest BCUT2D eigenvalue weighted by Gasteiger charge is -2.15. The van der Waals surface area contributed by atoms with Crippen molar-refractivity contribution < 1.29 is 31.3 Å². The number of hydrogen-bond acceptors (Lipinski definition) is 5. The third-order valence-corrected chi connectivity index (χ3v) is 3.96. The normalized spacial score (nSPS) is 12.2. The molecule has 2 aromatic carbocycles. The van der Waals surface area contributed by atoms with Crippen molar-refractivity contribution in [2.75, 3.05) is 5.43 Å². The van der Waals surface area contributed by atoms with Gasteiger partial charge in [0.25, 0.3) is 5.69 Å². The molecule has 0 spiro atoms. The minimum absolute atomic E-state index is 0.139. The zero-order chi connectivity index (χ0) is 22.4. The molecule has 1 heterocycles. The Hall–Kier alpha value is -3.84. The van der Waals surface area contributed by atoms with E-state index in [1.54, 1.807) is 0 Å². The number of anilines is 1. The van der Waals surface area contributed by atoms with E-state index in [2.05, 4.69) is 5.43 Å². The van der Waals surface area contributed by atoms with Gasteiger partial charge in [0.2, 0.25) is 0 Å². The molecular formula is C16H8F6N4O4. The number of rotatable bonds is 3. The van der Waals surface area contributed by atoms with Gasteiger partial charge in [-0.15, -0.1) is 0 Å². The smallest absolute Gasteiger partial charge is 0.316 e. The molecule has 0 atom stereocenters. The second-order valence-corrected chi connectivity index (χ2v) is 5.92. The molecule has 0 aliphatic carbocycles.